The van der Waals surface area contributed by atoms with Crippen LogP contribution in [0.15, 0.2) is 42.5 Å². The van der Waals surface area contributed by atoms with E-state index in [2.05, 4.69) is 4.98 Å². The third-order valence-electron chi connectivity index (χ3n) is 3.30. The summed E-state index contributed by atoms with van der Waals surface area (Å²) in [5, 5.41) is 0. The first-order valence-corrected chi connectivity index (χ1v) is 7.21. The number of hydrogen-bond donors (Lipinski definition) is 0. The maximum Gasteiger partial charge on any atom is 0.381 e. The van der Waals surface area contributed by atoms with Gasteiger partial charge in [-0.05, 0) is 32.3 Å². The fourth-order valence-electron chi connectivity index (χ4n) is 2.27. The zero-order chi connectivity index (χ0) is 23.2. The lowest BCUT2D eigenvalue weighted by molar-refractivity contribution is -0.137. The fourth-order valence-corrected chi connectivity index (χ4v) is 2.27. The predicted octanol–water partition coefficient (Wildman–Crippen LogP) is 3.36. The Morgan fingerprint density at radius 3 is 2.67 bits per heavy atom. The number of rotatable bonds is 4. The molecule has 24 heavy (non-hydrogen) atoms. The van der Waals surface area contributed by atoms with Crippen LogP contribution in [0.5, 0.6) is 0 Å². The van der Waals surface area contributed by atoms with Crippen molar-refractivity contribution in [1.82, 2.24) is 9.38 Å². The number of hydrogen-bond acceptors (Lipinski definition) is 4. The lowest BCUT2D eigenvalue weighted by Gasteiger charge is -2.05. The summed E-state index contributed by atoms with van der Waals surface area (Å²) in [4.78, 5) is 29.4. The Morgan fingerprint density at radius 1 is 1.25 bits per heavy atom. The van der Waals surface area contributed by atoms with Gasteiger partial charge in [-0.1, -0.05) is 35.8 Å². The summed E-state index contributed by atoms with van der Waals surface area (Å²) in [5.41, 5.74) is -0.713. The second-order valence-corrected chi connectivity index (χ2v) is 5.04. The molecule has 0 saturated carbocycles. The summed E-state index contributed by atoms with van der Waals surface area (Å²) in [6.07, 6.45) is 1.53. The number of benzene rings is 1. The van der Waals surface area contributed by atoms with E-state index in [9.17, 15) is 9.59 Å². The highest BCUT2D eigenvalue weighted by atomic mass is 16.5. The number of nitrogens with zero attached hydrogens (tertiary/aromatic N) is 2. The van der Waals surface area contributed by atoms with Gasteiger partial charge in [-0.2, -0.15) is 0 Å². The summed E-state index contributed by atoms with van der Waals surface area (Å²) in [7, 11) is 0. The first-order valence-electron chi connectivity index (χ1n) is 10.7. The number of pyridine rings is 1. The molecular formula is C19H18N2O3. The molecule has 122 valence electrons. The number of ether oxygens (including phenoxy) is 1. The van der Waals surface area contributed by atoms with Crippen LogP contribution < -0.4 is 0 Å². The average molecular weight is 329 g/mol. The standard InChI is InChI=1S/C19H18N2O3/c1-4-24-19(23)18(22)17-16(14-8-5-12(2)6-9-14)20-15-10-7-13(3)11-21(15)17/h5-11H,4H2,1-3H3/i2D3,5D,6D,8D,9D. The zero-order valence-corrected chi connectivity index (χ0v) is 13.1. The molecule has 0 aliphatic heterocycles. The van der Waals surface area contributed by atoms with Crippen molar-refractivity contribution in [3.05, 3.63) is 59.3 Å². The van der Waals surface area contributed by atoms with Crippen LogP contribution in [0, 0.1) is 13.8 Å². The average Bonchev–Trinajstić information content (AvgIpc) is 3.03. The second-order valence-electron chi connectivity index (χ2n) is 5.04. The van der Waals surface area contributed by atoms with Crippen molar-refractivity contribution in [3.8, 4) is 11.3 Å². The molecule has 0 aliphatic carbocycles. The van der Waals surface area contributed by atoms with Gasteiger partial charge in [-0.25, -0.2) is 9.78 Å². The number of ketones is 1. The number of aryl methyl sites for hydroxylation is 1. The molecule has 5 heteroatoms. The number of fused-ring (bicyclic) bond motifs is 1. The van der Waals surface area contributed by atoms with Crippen molar-refractivity contribution >= 4 is 17.4 Å². The van der Waals surface area contributed by atoms with Crippen LogP contribution in [-0.2, 0) is 9.53 Å². The lowest BCUT2D eigenvalue weighted by Crippen LogP contribution is -2.20. The van der Waals surface area contributed by atoms with Crippen LogP contribution in [-0.4, -0.2) is 27.7 Å². The first kappa shape index (κ1) is 9.37. The van der Waals surface area contributed by atoms with Gasteiger partial charge in [0.25, 0.3) is 5.78 Å². The number of esters is 1. The third-order valence-corrected chi connectivity index (χ3v) is 3.30. The largest absolute Gasteiger partial charge is 0.460 e. The SMILES string of the molecule is [2H]c1c([2H])c(C([2H])([2H])[2H])c([2H])c([2H])c1-c1nc2ccc(C)cn2c1C(=O)C(=O)OCC. The van der Waals surface area contributed by atoms with Crippen LogP contribution in [0.2, 0.25) is 0 Å². The Labute approximate surface area is 149 Å². The molecule has 3 rings (SSSR count). The Bertz CT molecular complexity index is 1200. The highest BCUT2D eigenvalue weighted by molar-refractivity contribution is 6.41. The second kappa shape index (κ2) is 6.28. The van der Waals surface area contributed by atoms with Gasteiger partial charge in [0, 0.05) is 15.9 Å². The molecule has 1 aromatic carbocycles. The van der Waals surface area contributed by atoms with Gasteiger partial charge in [-0.3, -0.25) is 9.20 Å². The number of carbonyl (C=O) groups is 2. The quantitative estimate of drug-likeness (QED) is 0.418. The van der Waals surface area contributed by atoms with E-state index in [4.69, 9.17) is 14.3 Å². The van der Waals surface area contributed by atoms with Gasteiger partial charge < -0.3 is 4.74 Å². The van der Waals surface area contributed by atoms with Gasteiger partial charge in [0.15, 0.2) is 0 Å². The highest BCUT2D eigenvalue weighted by Crippen LogP contribution is 2.26. The van der Waals surface area contributed by atoms with Crippen LogP contribution in [0.1, 0.15) is 38.1 Å². The molecular weight excluding hydrogens is 304 g/mol. The molecule has 0 bridgehead atoms. The van der Waals surface area contributed by atoms with E-state index in [0.29, 0.717) is 0 Å². The van der Waals surface area contributed by atoms with Gasteiger partial charge in [0.1, 0.15) is 17.0 Å². The van der Waals surface area contributed by atoms with E-state index in [1.165, 1.54) is 17.5 Å². The van der Waals surface area contributed by atoms with Crippen molar-refractivity contribution in [2.45, 2.75) is 20.7 Å². The van der Waals surface area contributed by atoms with Gasteiger partial charge in [0.05, 0.1) is 12.1 Å². The van der Waals surface area contributed by atoms with Crippen LogP contribution in [0.4, 0.5) is 0 Å². The van der Waals surface area contributed by atoms with Crippen LogP contribution in [0.3, 0.4) is 0 Å². The number of carbonyl (C=O) groups excluding carboxylic acids is 2. The van der Waals surface area contributed by atoms with E-state index in [0.717, 1.165) is 5.56 Å². The van der Waals surface area contributed by atoms with Crippen LogP contribution in [0.25, 0.3) is 16.9 Å². The summed E-state index contributed by atoms with van der Waals surface area (Å²) in [6.45, 7) is 0.349. The van der Waals surface area contributed by atoms with Crippen molar-refractivity contribution in [3.63, 3.8) is 0 Å². The maximum atomic E-state index is 12.9. The molecule has 0 fully saturated rings. The minimum Gasteiger partial charge on any atom is -0.460 e. The third kappa shape index (κ3) is 2.80. The Kier molecular flexibility index (Phi) is 2.45. The minimum atomic E-state index is -2.88. The topological polar surface area (TPSA) is 60.7 Å². The van der Waals surface area contributed by atoms with Crippen LogP contribution >= 0.6 is 0 Å². The monoisotopic (exact) mass is 329 g/mol. The van der Waals surface area contributed by atoms with Gasteiger partial charge >= 0.3 is 5.97 Å². The number of Topliss-reactive ketones (excluding diaryl/α,β-unsaturated/α-hetero) is 1. The molecule has 0 unspecified atom stereocenters. The summed E-state index contributed by atoms with van der Waals surface area (Å²) < 4.78 is 61.6. The van der Waals surface area contributed by atoms with E-state index < -0.39 is 48.3 Å². The van der Waals surface area contributed by atoms with Crippen molar-refractivity contribution in [1.29, 1.82) is 0 Å². The molecule has 0 N–H and O–H groups in total. The first-order chi connectivity index (χ1) is 14.4. The molecule has 5 nitrogen and oxygen atoms in total. The Morgan fingerprint density at radius 2 is 2.00 bits per heavy atom. The smallest absolute Gasteiger partial charge is 0.381 e. The van der Waals surface area contributed by atoms with Crippen molar-refractivity contribution < 1.29 is 23.9 Å². The normalized spacial score (nSPS) is 15.5. The molecule has 0 spiro atoms. The molecule has 0 atom stereocenters. The van der Waals surface area contributed by atoms with Crippen molar-refractivity contribution in [2.75, 3.05) is 6.61 Å². The van der Waals surface area contributed by atoms with E-state index in [1.54, 1.807) is 19.1 Å². The minimum absolute atomic E-state index is 0.0515. The fraction of sp³-hybridized carbons (Fsp3) is 0.211. The van der Waals surface area contributed by atoms with Gasteiger partial charge in [-0.15, -0.1) is 0 Å². The Hall–Kier alpha value is -2.95. The molecule has 3 aromatic rings. The summed E-state index contributed by atoms with van der Waals surface area (Å²) in [6, 6.07) is 0.388. The summed E-state index contributed by atoms with van der Waals surface area (Å²) in [5.74, 6) is -2.24. The highest BCUT2D eigenvalue weighted by Gasteiger charge is 2.27. The number of aromatic nitrogens is 2. The lowest BCUT2D eigenvalue weighted by atomic mass is 10.1. The maximum absolute atomic E-state index is 12.9. The molecule has 0 amide bonds. The predicted molar refractivity (Wildman–Crippen MR) is 91.1 cm³/mol. The van der Waals surface area contributed by atoms with E-state index in [1.807, 2.05) is 0 Å². The zero-order valence-electron chi connectivity index (χ0n) is 20.1. The molecule has 0 radical (unpaired) electrons. The number of imidazole rings is 1. The molecule has 0 saturated heterocycles. The summed E-state index contributed by atoms with van der Waals surface area (Å²) >= 11 is 0. The molecule has 2 heterocycles. The van der Waals surface area contributed by atoms with E-state index >= 15 is 0 Å². The molecule has 0 aliphatic rings. The van der Waals surface area contributed by atoms with E-state index in [-0.39, 0.29) is 29.2 Å². The Balaban J connectivity index is 2.43. The van der Waals surface area contributed by atoms with Gasteiger partial charge in [0.2, 0.25) is 0 Å². The van der Waals surface area contributed by atoms with Crippen molar-refractivity contribution in [2.24, 2.45) is 0 Å². The molecule has 2 aromatic heterocycles.